The van der Waals surface area contributed by atoms with Gasteiger partial charge in [-0.15, -0.1) is 0 Å². The van der Waals surface area contributed by atoms with Gasteiger partial charge in [0.15, 0.2) is 0 Å². The molecule has 0 aliphatic carbocycles. The van der Waals surface area contributed by atoms with Gasteiger partial charge in [0, 0.05) is 19.0 Å². The van der Waals surface area contributed by atoms with Gasteiger partial charge in [0.05, 0.1) is 10.6 Å². The summed E-state index contributed by atoms with van der Waals surface area (Å²) in [5.74, 6) is 0.324. The number of nitrogens with zero attached hydrogens (tertiary/aromatic N) is 2. The average molecular weight is 690 g/mol. The fourth-order valence-corrected chi connectivity index (χ4v) is 6.99. The fraction of sp³-hybridized carbons (Fsp3) is 0.220. The molecule has 0 aliphatic heterocycles. The van der Waals surface area contributed by atoms with Crippen molar-refractivity contribution in [3.8, 4) is 11.5 Å². The second kappa shape index (κ2) is 16.8. The highest BCUT2D eigenvalue weighted by atomic mass is 32.2. The van der Waals surface area contributed by atoms with Crippen LogP contribution in [0.15, 0.2) is 144 Å². The van der Waals surface area contributed by atoms with Gasteiger partial charge < -0.3 is 15.0 Å². The molecular weight excluding hydrogens is 647 g/mol. The molecule has 0 bridgehead atoms. The first-order valence-electron chi connectivity index (χ1n) is 16.7. The van der Waals surface area contributed by atoms with Crippen molar-refractivity contribution in [2.24, 2.45) is 0 Å². The van der Waals surface area contributed by atoms with Crippen LogP contribution in [0.5, 0.6) is 11.5 Å². The van der Waals surface area contributed by atoms with E-state index in [-0.39, 0.29) is 35.5 Å². The van der Waals surface area contributed by atoms with E-state index in [2.05, 4.69) is 5.32 Å². The summed E-state index contributed by atoms with van der Waals surface area (Å²) < 4.78 is 35.6. The number of amides is 2. The Labute approximate surface area is 295 Å². The maximum atomic E-state index is 14.7. The first kappa shape index (κ1) is 35.9. The maximum absolute atomic E-state index is 14.7. The molecule has 0 saturated heterocycles. The number of para-hydroxylation sites is 1. The van der Waals surface area contributed by atoms with Gasteiger partial charge in [0.1, 0.15) is 24.1 Å². The number of rotatable bonds is 15. The van der Waals surface area contributed by atoms with Crippen molar-refractivity contribution < 1.29 is 22.7 Å². The van der Waals surface area contributed by atoms with E-state index in [4.69, 9.17) is 4.74 Å². The summed E-state index contributed by atoms with van der Waals surface area (Å²) in [6, 6.07) is 40.1. The molecule has 0 aromatic heterocycles. The Kier molecular flexibility index (Phi) is 12.1. The molecule has 9 heteroatoms. The van der Waals surface area contributed by atoms with Crippen LogP contribution in [0.3, 0.4) is 0 Å². The molecule has 50 heavy (non-hydrogen) atoms. The van der Waals surface area contributed by atoms with Crippen molar-refractivity contribution in [1.82, 2.24) is 10.2 Å². The van der Waals surface area contributed by atoms with Crippen LogP contribution in [0.25, 0.3) is 0 Å². The van der Waals surface area contributed by atoms with Crippen LogP contribution in [0.2, 0.25) is 0 Å². The molecule has 0 saturated carbocycles. The Morgan fingerprint density at radius 1 is 0.740 bits per heavy atom. The molecule has 5 aromatic carbocycles. The molecule has 0 fully saturated rings. The summed E-state index contributed by atoms with van der Waals surface area (Å²) in [6.07, 6.45) is 0.959. The molecule has 0 heterocycles. The lowest BCUT2D eigenvalue weighted by Crippen LogP contribution is -2.54. The van der Waals surface area contributed by atoms with Gasteiger partial charge in [0.2, 0.25) is 11.8 Å². The SMILES string of the molecule is CC[C@@H](C)NC(=O)[C@@H](Cc1ccccc1)N(Cc1cccc(C)c1)C(=O)CN(c1ccc(Oc2ccccc2)cc1)S(=O)(=O)c1ccccc1. The van der Waals surface area contributed by atoms with Gasteiger partial charge in [-0.3, -0.25) is 13.9 Å². The molecule has 8 nitrogen and oxygen atoms in total. The summed E-state index contributed by atoms with van der Waals surface area (Å²) in [7, 11) is -4.22. The molecule has 258 valence electrons. The third-order valence-electron chi connectivity index (χ3n) is 8.42. The first-order valence-corrected chi connectivity index (χ1v) is 18.2. The van der Waals surface area contributed by atoms with E-state index in [0.29, 0.717) is 17.9 Å². The Bertz CT molecular complexity index is 1950. The van der Waals surface area contributed by atoms with E-state index in [1.165, 1.54) is 17.0 Å². The van der Waals surface area contributed by atoms with Gasteiger partial charge in [-0.1, -0.05) is 103 Å². The van der Waals surface area contributed by atoms with E-state index >= 15 is 0 Å². The van der Waals surface area contributed by atoms with E-state index in [1.807, 2.05) is 106 Å². The number of carbonyl (C=O) groups excluding carboxylic acids is 2. The van der Waals surface area contributed by atoms with Crippen molar-refractivity contribution in [2.45, 2.75) is 57.1 Å². The van der Waals surface area contributed by atoms with E-state index < -0.39 is 28.5 Å². The molecule has 1 N–H and O–H groups in total. The van der Waals surface area contributed by atoms with Gasteiger partial charge >= 0.3 is 0 Å². The highest BCUT2D eigenvalue weighted by Gasteiger charge is 2.35. The Hall–Kier alpha value is -5.41. The van der Waals surface area contributed by atoms with Crippen LogP contribution in [-0.4, -0.2) is 43.8 Å². The Morgan fingerprint density at radius 3 is 1.94 bits per heavy atom. The molecular formula is C41H43N3O5S. The summed E-state index contributed by atoms with van der Waals surface area (Å²) in [5.41, 5.74) is 2.99. The number of ether oxygens (including phenoxy) is 1. The second-order valence-corrected chi connectivity index (χ2v) is 14.1. The quantitative estimate of drug-likeness (QED) is 0.123. The van der Waals surface area contributed by atoms with E-state index in [0.717, 1.165) is 21.0 Å². The standard InChI is InChI=1S/C41H43N3O5S/c1-4-32(3)42-41(46)39(28-33-16-8-5-9-17-33)43(29-34-18-14-15-31(2)27-34)40(45)30-44(50(47,48)38-21-12-7-13-22-38)35-23-25-37(26-24-35)49-36-19-10-6-11-20-36/h5-27,32,39H,4,28-30H2,1-3H3,(H,42,46)/t32-,39-/m1/s1. The lowest BCUT2D eigenvalue weighted by molar-refractivity contribution is -0.140. The van der Waals surface area contributed by atoms with Gasteiger partial charge in [0.25, 0.3) is 10.0 Å². The first-order chi connectivity index (χ1) is 24.1. The summed E-state index contributed by atoms with van der Waals surface area (Å²) >= 11 is 0. The van der Waals surface area contributed by atoms with Crippen LogP contribution >= 0.6 is 0 Å². The lowest BCUT2D eigenvalue weighted by atomic mass is 10.0. The molecule has 0 aliphatic rings. The summed E-state index contributed by atoms with van der Waals surface area (Å²) in [5, 5.41) is 3.07. The van der Waals surface area contributed by atoms with Crippen LogP contribution in [-0.2, 0) is 32.6 Å². The van der Waals surface area contributed by atoms with Crippen molar-refractivity contribution >= 4 is 27.5 Å². The number of benzene rings is 5. The molecule has 2 atom stereocenters. The van der Waals surface area contributed by atoms with Crippen molar-refractivity contribution in [1.29, 1.82) is 0 Å². The van der Waals surface area contributed by atoms with Gasteiger partial charge in [-0.2, -0.15) is 0 Å². The average Bonchev–Trinajstić information content (AvgIpc) is 3.13. The van der Waals surface area contributed by atoms with Crippen molar-refractivity contribution in [3.63, 3.8) is 0 Å². The molecule has 0 spiro atoms. The highest BCUT2D eigenvalue weighted by Crippen LogP contribution is 2.29. The molecule has 0 unspecified atom stereocenters. The zero-order valence-electron chi connectivity index (χ0n) is 28.6. The minimum Gasteiger partial charge on any atom is -0.457 e. The number of carbonyl (C=O) groups is 2. The monoisotopic (exact) mass is 689 g/mol. The summed E-state index contributed by atoms with van der Waals surface area (Å²) in [6.45, 7) is 5.43. The number of hydrogen-bond acceptors (Lipinski definition) is 5. The molecule has 0 radical (unpaired) electrons. The number of sulfonamides is 1. The van der Waals surface area contributed by atoms with Crippen molar-refractivity contribution in [2.75, 3.05) is 10.8 Å². The topological polar surface area (TPSA) is 96.0 Å². The molecule has 5 aromatic rings. The van der Waals surface area contributed by atoms with Gasteiger partial charge in [-0.25, -0.2) is 8.42 Å². The zero-order chi connectivity index (χ0) is 35.5. The lowest BCUT2D eigenvalue weighted by Gasteiger charge is -2.34. The predicted octanol–water partition coefficient (Wildman–Crippen LogP) is 7.54. The number of anilines is 1. The zero-order valence-corrected chi connectivity index (χ0v) is 29.4. The normalized spacial score (nSPS) is 12.4. The predicted molar refractivity (Wildman–Crippen MR) is 197 cm³/mol. The van der Waals surface area contributed by atoms with Gasteiger partial charge in [-0.05, 0) is 79.9 Å². The Balaban J connectivity index is 1.55. The van der Waals surface area contributed by atoms with Crippen LogP contribution in [0, 0.1) is 6.92 Å². The van der Waals surface area contributed by atoms with Crippen LogP contribution in [0.4, 0.5) is 5.69 Å². The third-order valence-corrected chi connectivity index (χ3v) is 10.2. The minimum absolute atomic E-state index is 0.0398. The van der Waals surface area contributed by atoms with Crippen molar-refractivity contribution in [3.05, 3.63) is 156 Å². The van der Waals surface area contributed by atoms with E-state index in [1.54, 1.807) is 42.5 Å². The van der Waals surface area contributed by atoms with Crippen LogP contribution in [0.1, 0.15) is 37.0 Å². The fourth-order valence-electron chi connectivity index (χ4n) is 5.56. The summed E-state index contributed by atoms with van der Waals surface area (Å²) in [4.78, 5) is 30.3. The smallest absolute Gasteiger partial charge is 0.264 e. The molecule has 2 amide bonds. The Morgan fingerprint density at radius 2 is 1.32 bits per heavy atom. The maximum Gasteiger partial charge on any atom is 0.264 e. The third kappa shape index (κ3) is 9.39. The molecule has 5 rings (SSSR count). The largest absolute Gasteiger partial charge is 0.457 e. The number of aryl methyl sites for hydroxylation is 1. The van der Waals surface area contributed by atoms with Crippen LogP contribution < -0.4 is 14.4 Å². The highest BCUT2D eigenvalue weighted by molar-refractivity contribution is 7.92. The number of hydrogen-bond donors (Lipinski definition) is 1. The minimum atomic E-state index is -4.22. The second-order valence-electron chi connectivity index (χ2n) is 12.3. The van der Waals surface area contributed by atoms with E-state index in [9.17, 15) is 18.0 Å². The number of nitrogens with one attached hydrogen (secondary N) is 1.